The van der Waals surface area contributed by atoms with Crippen LogP contribution in [0.5, 0.6) is 5.75 Å². The molecule has 0 aliphatic rings. The summed E-state index contributed by atoms with van der Waals surface area (Å²) in [7, 11) is -4.75. The molecule has 1 atom stereocenters. The van der Waals surface area contributed by atoms with Crippen molar-refractivity contribution in [1.82, 2.24) is 4.98 Å². The Morgan fingerprint density at radius 3 is 2.24 bits per heavy atom. The maximum atomic E-state index is 13.9. The van der Waals surface area contributed by atoms with Gasteiger partial charge in [0, 0.05) is 6.20 Å². The second-order valence-electron chi connectivity index (χ2n) is 8.77. The average molecular weight is 565 g/mol. The average Bonchev–Trinajstić information content (AvgIpc) is 3.38. The molecule has 38 heavy (non-hydrogen) atoms. The van der Waals surface area contributed by atoms with Crippen LogP contribution in [0.2, 0.25) is 0 Å². The van der Waals surface area contributed by atoms with E-state index in [0.29, 0.717) is 10.4 Å². The van der Waals surface area contributed by atoms with E-state index < -0.39 is 31.7 Å². The molecule has 0 amide bonds. The number of hydrogen-bond donors (Lipinski definition) is 3. The number of alkyl halides is 3. The van der Waals surface area contributed by atoms with Gasteiger partial charge in [0.25, 0.3) is 0 Å². The molecule has 200 valence electrons. The predicted molar refractivity (Wildman–Crippen MR) is 138 cm³/mol. The molecule has 3 aromatic carbocycles. The van der Waals surface area contributed by atoms with E-state index in [2.05, 4.69) is 9.51 Å². The first kappa shape index (κ1) is 28.0. The topological polar surface area (TPSA) is 115 Å². The maximum Gasteiger partial charge on any atom is 0.469 e. The number of halogens is 3. The number of ether oxygens (including phenoxy) is 1. The van der Waals surface area contributed by atoms with Crippen LogP contribution in [0, 0.1) is 0 Å². The number of benzene rings is 3. The molecule has 1 heterocycles. The standard InChI is InChI=1S/C26H24F3N2O5PS/c1-25(30,16-36-37(32,33)34)24-31-14-23(38-24)20-11-12-22(21(13-20)26(27,28)29)35-15-17-7-9-19(10-8-17)18-5-3-2-4-6-18/h2-14H,15-16,30H2,1H3,(H2,32,33,34)/t25-/m0/s1. The van der Waals surface area contributed by atoms with Crippen molar-refractivity contribution in [2.24, 2.45) is 5.73 Å². The summed E-state index contributed by atoms with van der Waals surface area (Å²) >= 11 is 1.00. The summed E-state index contributed by atoms with van der Waals surface area (Å²) in [6.07, 6.45) is -3.32. The van der Waals surface area contributed by atoms with Crippen molar-refractivity contribution in [2.75, 3.05) is 6.61 Å². The Bertz CT molecular complexity index is 1440. The zero-order chi connectivity index (χ0) is 27.6. The monoisotopic (exact) mass is 564 g/mol. The number of nitrogens with two attached hydrogens (primary N) is 1. The molecule has 0 saturated carbocycles. The van der Waals surface area contributed by atoms with E-state index in [9.17, 15) is 17.7 Å². The van der Waals surface area contributed by atoms with Gasteiger partial charge in [0.15, 0.2) is 0 Å². The molecule has 0 saturated heterocycles. The van der Waals surface area contributed by atoms with Crippen molar-refractivity contribution in [3.05, 3.63) is 95.1 Å². The quantitative estimate of drug-likeness (QED) is 0.203. The highest BCUT2D eigenvalue weighted by atomic mass is 32.1. The Balaban J connectivity index is 1.52. The van der Waals surface area contributed by atoms with Crippen molar-refractivity contribution in [3.8, 4) is 27.3 Å². The molecular weight excluding hydrogens is 540 g/mol. The number of nitrogens with zero attached hydrogens (tertiary/aromatic N) is 1. The van der Waals surface area contributed by atoms with E-state index >= 15 is 0 Å². The molecule has 0 fully saturated rings. The minimum absolute atomic E-state index is 0.0483. The Hall–Kier alpha value is -3.05. The first-order valence-electron chi connectivity index (χ1n) is 11.3. The van der Waals surface area contributed by atoms with E-state index in [-0.39, 0.29) is 22.9 Å². The van der Waals surface area contributed by atoms with Crippen molar-refractivity contribution < 1.29 is 36.8 Å². The number of phosphoric ester groups is 1. The lowest BCUT2D eigenvalue weighted by Crippen LogP contribution is -2.37. The fourth-order valence-electron chi connectivity index (χ4n) is 3.57. The van der Waals surface area contributed by atoms with Crippen molar-refractivity contribution in [2.45, 2.75) is 25.2 Å². The summed E-state index contributed by atoms with van der Waals surface area (Å²) in [5, 5.41) is 0.244. The Kier molecular flexibility index (Phi) is 8.08. The largest absolute Gasteiger partial charge is 0.488 e. The van der Waals surface area contributed by atoms with Crippen LogP contribution in [0.3, 0.4) is 0 Å². The molecule has 0 aliphatic carbocycles. The Morgan fingerprint density at radius 1 is 0.974 bits per heavy atom. The normalized spacial score (nSPS) is 13.8. The van der Waals surface area contributed by atoms with E-state index in [1.54, 1.807) is 0 Å². The van der Waals surface area contributed by atoms with Gasteiger partial charge in [-0.05, 0) is 47.4 Å². The molecule has 7 nitrogen and oxygen atoms in total. The van der Waals surface area contributed by atoms with E-state index in [0.717, 1.165) is 28.5 Å². The highest BCUT2D eigenvalue weighted by Gasteiger charge is 2.35. The molecule has 0 unspecified atom stereocenters. The molecule has 4 N–H and O–H groups in total. The smallest absolute Gasteiger partial charge is 0.469 e. The first-order valence-corrected chi connectivity index (χ1v) is 13.6. The Labute approximate surface area is 220 Å². The second kappa shape index (κ2) is 11.0. The lowest BCUT2D eigenvalue weighted by Gasteiger charge is -2.21. The summed E-state index contributed by atoms with van der Waals surface area (Å²) < 4.78 is 62.8. The zero-order valence-corrected chi connectivity index (χ0v) is 21.8. The molecular formula is C26H24F3N2O5PS. The van der Waals surface area contributed by atoms with Crippen LogP contribution in [0.1, 0.15) is 23.1 Å². The summed E-state index contributed by atoms with van der Waals surface area (Å²) in [4.78, 5) is 22.4. The lowest BCUT2D eigenvalue weighted by molar-refractivity contribution is -0.139. The number of aromatic nitrogens is 1. The summed E-state index contributed by atoms with van der Waals surface area (Å²) in [5.41, 5.74) is 6.75. The molecule has 0 spiro atoms. The molecule has 0 bridgehead atoms. The minimum Gasteiger partial charge on any atom is -0.488 e. The van der Waals surface area contributed by atoms with Gasteiger partial charge < -0.3 is 20.3 Å². The summed E-state index contributed by atoms with van der Waals surface area (Å²) in [6, 6.07) is 20.8. The van der Waals surface area contributed by atoms with Gasteiger partial charge in [-0.1, -0.05) is 54.6 Å². The van der Waals surface area contributed by atoms with Crippen LogP contribution in [0.25, 0.3) is 21.6 Å². The van der Waals surface area contributed by atoms with Crippen LogP contribution < -0.4 is 10.5 Å². The van der Waals surface area contributed by atoms with Crippen LogP contribution in [-0.2, 0) is 27.4 Å². The van der Waals surface area contributed by atoms with E-state index in [1.807, 2.05) is 54.6 Å². The zero-order valence-electron chi connectivity index (χ0n) is 20.1. The first-order chi connectivity index (χ1) is 17.8. The van der Waals surface area contributed by atoms with E-state index in [4.69, 9.17) is 20.3 Å². The number of thiazole rings is 1. The minimum atomic E-state index is -4.75. The van der Waals surface area contributed by atoms with Crippen LogP contribution in [-0.4, -0.2) is 21.4 Å². The van der Waals surface area contributed by atoms with Gasteiger partial charge >= 0.3 is 14.0 Å². The summed E-state index contributed by atoms with van der Waals surface area (Å²) in [6.45, 7) is 0.875. The van der Waals surface area contributed by atoms with Gasteiger partial charge in [-0.2, -0.15) is 13.2 Å². The fourth-order valence-corrected chi connectivity index (χ4v) is 4.96. The Morgan fingerprint density at radius 2 is 1.61 bits per heavy atom. The molecule has 0 radical (unpaired) electrons. The van der Waals surface area contributed by atoms with E-state index in [1.165, 1.54) is 25.3 Å². The lowest BCUT2D eigenvalue weighted by atomic mass is 10.0. The van der Waals surface area contributed by atoms with Crippen LogP contribution >= 0.6 is 19.2 Å². The third kappa shape index (κ3) is 7.08. The molecule has 0 aliphatic heterocycles. The van der Waals surface area contributed by atoms with Gasteiger partial charge in [0.1, 0.15) is 17.4 Å². The second-order valence-corrected chi connectivity index (χ2v) is 11.0. The van der Waals surface area contributed by atoms with Gasteiger partial charge in [-0.3, -0.25) is 4.52 Å². The van der Waals surface area contributed by atoms with Crippen molar-refractivity contribution in [1.29, 1.82) is 0 Å². The maximum absolute atomic E-state index is 13.9. The number of hydrogen-bond acceptors (Lipinski definition) is 6. The highest BCUT2D eigenvalue weighted by molar-refractivity contribution is 7.46. The van der Waals surface area contributed by atoms with Gasteiger partial charge in [0.2, 0.25) is 0 Å². The van der Waals surface area contributed by atoms with Crippen molar-refractivity contribution >= 4 is 19.2 Å². The molecule has 4 aromatic rings. The van der Waals surface area contributed by atoms with Gasteiger partial charge in [0.05, 0.1) is 22.6 Å². The van der Waals surface area contributed by atoms with Gasteiger partial charge in [-0.15, -0.1) is 11.3 Å². The summed E-state index contributed by atoms with van der Waals surface area (Å²) in [5.74, 6) is -0.308. The fraction of sp³-hybridized carbons (Fsp3) is 0.192. The number of phosphoric acid groups is 1. The SMILES string of the molecule is C[C@](N)(COP(=O)(O)O)c1ncc(-c2ccc(OCc3ccc(-c4ccccc4)cc3)c(C(F)(F)F)c2)s1. The molecule has 1 aromatic heterocycles. The predicted octanol–water partition coefficient (Wildman–Crippen LogP) is 6.36. The van der Waals surface area contributed by atoms with Crippen LogP contribution in [0.4, 0.5) is 13.2 Å². The van der Waals surface area contributed by atoms with Gasteiger partial charge in [-0.25, -0.2) is 9.55 Å². The molecule has 4 rings (SSSR count). The van der Waals surface area contributed by atoms with Crippen LogP contribution in [0.15, 0.2) is 79.0 Å². The number of rotatable bonds is 9. The highest BCUT2D eigenvalue weighted by Crippen LogP contribution is 2.42. The van der Waals surface area contributed by atoms with Crippen molar-refractivity contribution in [3.63, 3.8) is 0 Å². The third-order valence-corrected chi connectivity index (χ3v) is 7.34. The molecule has 12 heteroatoms. The third-order valence-electron chi connectivity index (χ3n) is 5.55.